The van der Waals surface area contributed by atoms with E-state index in [1.165, 1.54) is 102 Å². The maximum absolute atomic E-state index is 12.6. The summed E-state index contributed by atoms with van der Waals surface area (Å²) in [6.45, 7) is 6.82. The van der Waals surface area contributed by atoms with Crippen LogP contribution in [0.1, 0.15) is 150 Å². The summed E-state index contributed by atoms with van der Waals surface area (Å²) >= 11 is 0. The first-order valence-corrected chi connectivity index (χ1v) is 23.8. The number of anilines is 2. The normalized spacial score (nSPS) is 14.0. The zero-order chi connectivity index (χ0) is 46.6. The first-order valence-electron chi connectivity index (χ1n) is 23.8. The van der Waals surface area contributed by atoms with Crippen molar-refractivity contribution < 1.29 is 38.9 Å². The molecule has 2 aromatic heterocycles. The summed E-state index contributed by atoms with van der Waals surface area (Å²) < 4.78 is 15.2. The first-order chi connectivity index (χ1) is 31.3. The minimum Gasteiger partial charge on any atom is -0.480 e. The van der Waals surface area contributed by atoms with Crippen molar-refractivity contribution in [2.75, 3.05) is 31.2 Å². The molecule has 1 unspecified atom stereocenters. The molecule has 1 aliphatic rings. The van der Waals surface area contributed by atoms with Crippen LogP contribution in [0.2, 0.25) is 0 Å². The van der Waals surface area contributed by atoms with Crippen LogP contribution < -0.4 is 37.1 Å². The van der Waals surface area contributed by atoms with Gasteiger partial charge in [0.15, 0.2) is 6.61 Å². The van der Waals surface area contributed by atoms with Crippen LogP contribution in [-0.4, -0.2) is 68.7 Å². The number of nitrogens with two attached hydrogens (primary N) is 2. The van der Waals surface area contributed by atoms with Gasteiger partial charge in [-0.2, -0.15) is 0 Å². The number of ether oxygens (including phenoxy) is 2. The van der Waals surface area contributed by atoms with Crippen molar-refractivity contribution in [3.63, 3.8) is 0 Å². The largest absolute Gasteiger partial charge is 0.480 e. The van der Waals surface area contributed by atoms with Crippen molar-refractivity contribution in [2.24, 2.45) is 0 Å². The molecule has 65 heavy (non-hydrogen) atoms. The van der Waals surface area contributed by atoms with Gasteiger partial charge in [-0.1, -0.05) is 103 Å². The van der Waals surface area contributed by atoms with Crippen LogP contribution in [0.25, 0.3) is 32.6 Å². The maximum Gasteiger partial charge on any atom is 0.353 e. The molecule has 0 radical (unpaired) electrons. The number of unbranched alkanes of at least 4 members (excludes halogenated alkanes) is 18. The number of ketones is 2. The van der Waals surface area contributed by atoms with E-state index in [-0.39, 0.29) is 27.8 Å². The van der Waals surface area contributed by atoms with E-state index in [1.54, 1.807) is 12.1 Å². The van der Waals surface area contributed by atoms with E-state index in [0.29, 0.717) is 34.2 Å². The number of carboxylic acid groups (broad SMARTS) is 2. The number of hydrogen-bond donors (Lipinski definition) is 5. The number of carbonyl (C=O) groups is 4. The van der Waals surface area contributed by atoms with Gasteiger partial charge in [0, 0.05) is 29.9 Å². The molecule has 0 spiro atoms. The highest BCUT2D eigenvalue weighted by Gasteiger charge is 2.42. The van der Waals surface area contributed by atoms with Crippen molar-refractivity contribution in [3.8, 4) is 11.5 Å². The molecule has 1 atom stereocenters. The zero-order valence-electron chi connectivity index (χ0n) is 38.2. The Morgan fingerprint density at radius 3 is 1.63 bits per heavy atom. The summed E-state index contributed by atoms with van der Waals surface area (Å²) in [7, 11) is 0. The lowest BCUT2D eigenvalue weighted by atomic mass is 9.97. The number of nitrogens with zero attached hydrogens (tertiary/aromatic N) is 2. The summed E-state index contributed by atoms with van der Waals surface area (Å²) in [5.74, 6) is -4.43. The van der Waals surface area contributed by atoms with E-state index in [4.69, 9.17) is 26.0 Å². The third kappa shape index (κ3) is 11.2. The predicted octanol–water partition coefficient (Wildman–Crippen LogP) is 8.28. The van der Waals surface area contributed by atoms with Crippen LogP contribution in [0.4, 0.5) is 11.4 Å². The van der Waals surface area contributed by atoms with Crippen LogP contribution in [0.15, 0.2) is 27.8 Å². The molecule has 1 aliphatic heterocycles. The van der Waals surface area contributed by atoms with Crippen LogP contribution in [0.3, 0.4) is 0 Å². The Labute approximate surface area is 379 Å². The SMILES string of the molecule is Cc1c(N)c2c3c(ccc2n1CCCCCCCCCCCCNCCCCCCCCCCCCn1c(C)c(N)c2c(OCC(=O)O)c4c(=O)c(=O)c4cc21)C(=O)C(=O)C(C(=O)O)O3. The zero-order valence-corrected chi connectivity index (χ0v) is 38.2. The molecule has 0 bridgehead atoms. The van der Waals surface area contributed by atoms with Crippen molar-refractivity contribution in [1.82, 2.24) is 14.5 Å². The summed E-state index contributed by atoms with van der Waals surface area (Å²) in [5.41, 5.74) is 15.7. The summed E-state index contributed by atoms with van der Waals surface area (Å²) in [6, 6.07) is 4.99. The Morgan fingerprint density at radius 2 is 1.12 bits per heavy atom. The van der Waals surface area contributed by atoms with Gasteiger partial charge in [0.25, 0.3) is 11.9 Å². The molecule has 0 amide bonds. The lowest BCUT2D eigenvalue weighted by molar-refractivity contribution is -0.149. The number of carbonyl (C=O) groups excluding carboxylic acids is 2. The second-order valence-electron chi connectivity index (χ2n) is 17.9. The Balaban J connectivity index is 0.725. The average Bonchev–Trinajstić information content (AvgIpc) is 3.68. The van der Waals surface area contributed by atoms with Gasteiger partial charge in [-0.05, 0) is 70.8 Å². The smallest absolute Gasteiger partial charge is 0.353 e. The molecule has 7 N–H and O–H groups in total. The maximum atomic E-state index is 12.6. The molecule has 0 fully saturated rings. The number of aryl methyl sites for hydroxylation is 2. The topological polar surface area (TPSA) is 235 Å². The van der Waals surface area contributed by atoms with Gasteiger partial charge in [0.2, 0.25) is 16.6 Å². The molecule has 6 rings (SSSR count). The minimum absolute atomic E-state index is 0.0557. The van der Waals surface area contributed by atoms with Crippen molar-refractivity contribution in [1.29, 1.82) is 0 Å². The first kappa shape index (κ1) is 48.7. The Morgan fingerprint density at radius 1 is 0.646 bits per heavy atom. The van der Waals surface area contributed by atoms with E-state index in [1.807, 2.05) is 13.8 Å². The van der Waals surface area contributed by atoms with Crippen LogP contribution in [0, 0.1) is 13.8 Å². The quantitative estimate of drug-likeness (QED) is 0.0166. The molecule has 15 nitrogen and oxygen atoms in total. The second-order valence-corrected chi connectivity index (χ2v) is 17.9. The van der Waals surface area contributed by atoms with Gasteiger partial charge in [-0.15, -0.1) is 0 Å². The van der Waals surface area contributed by atoms with Crippen molar-refractivity contribution in [3.05, 3.63) is 55.6 Å². The molecule has 352 valence electrons. The number of aromatic nitrogens is 2. The summed E-state index contributed by atoms with van der Waals surface area (Å²) in [5, 5.41) is 23.6. The van der Waals surface area contributed by atoms with E-state index in [9.17, 15) is 33.9 Å². The van der Waals surface area contributed by atoms with Crippen molar-refractivity contribution >= 4 is 67.5 Å². The number of aliphatic carboxylic acids is 2. The molecule has 0 aliphatic carbocycles. The summed E-state index contributed by atoms with van der Waals surface area (Å²) in [4.78, 5) is 72.1. The van der Waals surface area contributed by atoms with E-state index >= 15 is 0 Å². The van der Waals surface area contributed by atoms with Gasteiger partial charge >= 0.3 is 11.9 Å². The monoisotopic (exact) mass is 897 g/mol. The number of Topliss-reactive ketones (excluding diaryl/α,β-unsaturated/α-hetero) is 2. The molecule has 0 saturated heterocycles. The molecule has 0 saturated carbocycles. The number of benzene rings is 2. The molecule has 3 heterocycles. The fourth-order valence-electron chi connectivity index (χ4n) is 9.50. The van der Waals surface area contributed by atoms with Crippen LogP contribution in [0.5, 0.6) is 11.5 Å². The lowest BCUT2D eigenvalue weighted by Crippen LogP contribution is -2.43. The lowest BCUT2D eigenvalue weighted by Gasteiger charge is -2.22. The number of rotatable bonds is 30. The van der Waals surface area contributed by atoms with Gasteiger partial charge in [0.05, 0.1) is 44.1 Å². The number of carboxylic acids is 2. The van der Waals surface area contributed by atoms with Crippen LogP contribution >= 0.6 is 0 Å². The fourth-order valence-corrected chi connectivity index (χ4v) is 9.50. The molecular weight excluding hydrogens is 831 g/mol. The minimum atomic E-state index is -1.86. The number of nitrogens with one attached hydrogen (secondary N) is 1. The fraction of sp³-hybridized carbons (Fsp3) is 0.560. The Kier molecular flexibility index (Phi) is 17.2. The standard InChI is InChI=1S/C50H67N5O10/c1-31-41(51)39-35(24-23-33-43(58)46(61)49(50(62)63)65-47(33)39)54(31)27-21-17-13-9-5-3-7-11-15-19-25-53-26-20-16-12-8-4-6-10-14-18-22-28-55-32(2)42(52)40-36(55)29-34-38(45(60)44(34)59)48(40)64-30-37(56)57/h23-24,29,49,53H,3-22,25-28,30,51-52H2,1-2H3,(H,56,57)(H,62,63). The highest BCUT2D eigenvalue weighted by atomic mass is 16.5. The molecular formula is C50H67N5O10. The van der Waals surface area contributed by atoms with E-state index < -0.39 is 47.1 Å². The van der Waals surface area contributed by atoms with Gasteiger partial charge in [-0.25, -0.2) is 9.59 Å². The molecule has 3 aromatic carbocycles. The Bertz CT molecular complexity index is 2580. The van der Waals surface area contributed by atoms with E-state index in [2.05, 4.69) is 14.5 Å². The average molecular weight is 898 g/mol. The summed E-state index contributed by atoms with van der Waals surface area (Å²) in [6.07, 6.45) is 22.1. The predicted molar refractivity (Wildman–Crippen MR) is 254 cm³/mol. The third-order valence-electron chi connectivity index (χ3n) is 13.3. The van der Waals surface area contributed by atoms with E-state index in [0.717, 1.165) is 68.6 Å². The second kappa shape index (κ2) is 23.0. The Hall–Kier alpha value is -5.70. The highest BCUT2D eigenvalue weighted by molar-refractivity contribution is 6.49. The highest BCUT2D eigenvalue weighted by Crippen LogP contribution is 2.42. The number of fused-ring (bicyclic) bond motifs is 5. The molecule has 15 heteroatoms. The van der Waals surface area contributed by atoms with Gasteiger partial charge < -0.3 is 45.6 Å². The number of hydrogen-bond acceptors (Lipinski definition) is 11. The van der Waals surface area contributed by atoms with Gasteiger partial charge in [-0.3, -0.25) is 19.2 Å². The van der Waals surface area contributed by atoms with Crippen molar-refractivity contribution in [2.45, 2.75) is 161 Å². The molecule has 5 aromatic rings. The number of nitrogen functional groups attached to an aromatic ring is 2. The van der Waals surface area contributed by atoms with Gasteiger partial charge in [0.1, 0.15) is 11.5 Å². The third-order valence-corrected chi connectivity index (χ3v) is 13.3. The van der Waals surface area contributed by atoms with Crippen LogP contribution in [-0.2, 0) is 27.5 Å².